The summed E-state index contributed by atoms with van der Waals surface area (Å²) in [5.74, 6) is -1.40. The van der Waals surface area contributed by atoms with Gasteiger partial charge in [-0.05, 0) is 44.0 Å². The molecular weight excluding hydrogens is 440 g/mol. The van der Waals surface area contributed by atoms with Gasteiger partial charge in [0.05, 0.1) is 6.42 Å². The molecule has 1 aliphatic heterocycles. The van der Waals surface area contributed by atoms with Crippen LogP contribution >= 0.6 is 0 Å². The highest BCUT2D eigenvalue weighted by Crippen LogP contribution is 2.17. The van der Waals surface area contributed by atoms with Gasteiger partial charge in [0.1, 0.15) is 24.0 Å². The summed E-state index contributed by atoms with van der Waals surface area (Å²) in [6, 6.07) is 15.7. The van der Waals surface area contributed by atoms with E-state index >= 15 is 0 Å². The molecule has 1 saturated heterocycles. The zero-order valence-electron chi connectivity index (χ0n) is 19.3. The first-order chi connectivity index (χ1) is 16.1. The second kappa shape index (κ2) is 10.8. The quantitative estimate of drug-likeness (QED) is 0.451. The summed E-state index contributed by atoms with van der Waals surface area (Å²) < 4.78 is 16.2. The minimum absolute atomic E-state index is 0.0827. The first-order valence-corrected chi connectivity index (χ1v) is 10.9. The van der Waals surface area contributed by atoms with Crippen LogP contribution in [0.4, 0.5) is 4.79 Å². The fourth-order valence-corrected chi connectivity index (χ4v) is 3.19. The minimum Gasteiger partial charge on any atom is -0.489 e. The molecule has 0 saturated carbocycles. The number of imide groups is 1. The lowest BCUT2D eigenvalue weighted by atomic mass is 10.1. The van der Waals surface area contributed by atoms with Crippen LogP contribution in [-0.2, 0) is 36.9 Å². The van der Waals surface area contributed by atoms with Gasteiger partial charge in [-0.15, -0.1) is 0 Å². The number of hydrogen-bond donors (Lipinski definition) is 2. The van der Waals surface area contributed by atoms with Crippen LogP contribution in [0.25, 0.3) is 0 Å². The second-order valence-corrected chi connectivity index (χ2v) is 8.86. The van der Waals surface area contributed by atoms with Crippen LogP contribution in [0.5, 0.6) is 5.75 Å². The van der Waals surface area contributed by atoms with Crippen molar-refractivity contribution >= 4 is 23.9 Å². The van der Waals surface area contributed by atoms with Gasteiger partial charge in [-0.2, -0.15) is 0 Å². The Kier molecular flexibility index (Phi) is 7.88. The average molecular weight is 469 g/mol. The lowest BCUT2D eigenvalue weighted by Gasteiger charge is -2.23. The monoisotopic (exact) mass is 468 g/mol. The second-order valence-electron chi connectivity index (χ2n) is 8.86. The summed E-state index contributed by atoms with van der Waals surface area (Å²) in [7, 11) is 0. The summed E-state index contributed by atoms with van der Waals surface area (Å²) in [5, 5.41) is 4.58. The molecule has 9 heteroatoms. The molecule has 0 radical (unpaired) electrons. The van der Waals surface area contributed by atoms with Gasteiger partial charge in [0, 0.05) is 6.42 Å². The lowest BCUT2D eigenvalue weighted by molar-refractivity contribution is -0.156. The topological polar surface area (TPSA) is 120 Å². The maximum Gasteiger partial charge on any atom is 0.408 e. The molecule has 1 fully saturated rings. The zero-order valence-corrected chi connectivity index (χ0v) is 19.3. The van der Waals surface area contributed by atoms with Crippen molar-refractivity contribution in [2.45, 2.75) is 58.0 Å². The zero-order chi connectivity index (χ0) is 24.7. The predicted molar refractivity (Wildman–Crippen MR) is 122 cm³/mol. The summed E-state index contributed by atoms with van der Waals surface area (Å²) in [6.07, 6.45) is -2.20. The van der Waals surface area contributed by atoms with Gasteiger partial charge in [0.15, 0.2) is 6.10 Å². The van der Waals surface area contributed by atoms with Crippen LogP contribution in [0, 0.1) is 0 Å². The smallest absolute Gasteiger partial charge is 0.408 e. The molecule has 2 unspecified atom stereocenters. The molecule has 0 bridgehead atoms. The first kappa shape index (κ1) is 24.8. The fraction of sp³-hybridized carbons (Fsp3) is 0.360. The Labute approximate surface area is 197 Å². The SMILES string of the molecule is CC(C)(C)OC(=O)NC(Cc1ccc(OCc2ccccc2)cc1)C(=O)OC1CC(=O)NC1=O. The molecule has 0 spiro atoms. The molecule has 0 aromatic heterocycles. The van der Waals surface area contributed by atoms with Crippen LogP contribution < -0.4 is 15.4 Å². The highest BCUT2D eigenvalue weighted by Gasteiger charge is 2.36. The van der Waals surface area contributed by atoms with Crippen molar-refractivity contribution < 1.29 is 33.4 Å². The molecule has 2 N–H and O–H groups in total. The molecule has 34 heavy (non-hydrogen) atoms. The Balaban J connectivity index is 1.65. The third kappa shape index (κ3) is 7.61. The number of carbonyl (C=O) groups is 4. The van der Waals surface area contributed by atoms with Gasteiger partial charge in [0.25, 0.3) is 5.91 Å². The summed E-state index contributed by atoms with van der Waals surface area (Å²) in [4.78, 5) is 48.2. The number of nitrogens with one attached hydrogen (secondary N) is 2. The molecule has 0 aliphatic carbocycles. The minimum atomic E-state index is -1.23. The molecule has 180 valence electrons. The number of amides is 3. The van der Waals surface area contributed by atoms with E-state index in [2.05, 4.69) is 10.6 Å². The van der Waals surface area contributed by atoms with Crippen molar-refractivity contribution in [3.05, 3.63) is 65.7 Å². The Bertz CT molecular complexity index is 1030. The summed E-state index contributed by atoms with van der Waals surface area (Å²) in [6.45, 7) is 5.51. The standard InChI is InChI=1S/C25H28N2O7/c1-25(2,3)34-24(31)26-19(23(30)33-20-14-21(28)27-22(20)29)13-16-9-11-18(12-10-16)32-15-17-7-5-4-6-8-17/h4-12,19-20H,13-15H2,1-3H3,(H,26,31)(H,27,28,29). The van der Waals surface area contributed by atoms with E-state index in [9.17, 15) is 19.2 Å². The summed E-state index contributed by atoms with van der Waals surface area (Å²) in [5.41, 5.74) is 0.982. The van der Waals surface area contributed by atoms with Gasteiger partial charge >= 0.3 is 12.1 Å². The molecule has 9 nitrogen and oxygen atoms in total. The van der Waals surface area contributed by atoms with E-state index in [0.717, 1.165) is 11.1 Å². The third-order valence-electron chi connectivity index (χ3n) is 4.77. The largest absolute Gasteiger partial charge is 0.489 e. The Morgan fingerprint density at radius 3 is 2.29 bits per heavy atom. The number of carbonyl (C=O) groups excluding carboxylic acids is 4. The number of hydrogen-bond acceptors (Lipinski definition) is 7. The van der Waals surface area contributed by atoms with E-state index in [1.54, 1.807) is 45.0 Å². The van der Waals surface area contributed by atoms with E-state index in [1.807, 2.05) is 30.3 Å². The van der Waals surface area contributed by atoms with Crippen molar-refractivity contribution in [1.29, 1.82) is 0 Å². The van der Waals surface area contributed by atoms with E-state index in [4.69, 9.17) is 14.2 Å². The molecule has 1 aliphatic rings. The summed E-state index contributed by atoms with van der Waals surface area (Å²) >= 11 is 0. The Morgan fingerprint density at radius 1 is 1.03 bits per heavy atom. The first-order valence-electron chi connectivity index (χ1n) is 10.9. The number of benzene rings is 2. The number of rotatable bonds is 8. The number of alkyl carbamates (subject to hydrolysis) is 1. The van der Waals surface area contributed by atoms with Crippen molar-refractivity contribution in [2.75, 3.05) is 0 Å². The normalized spacial score (nSPS) is 16.4. The fourth-order valence-electron chi connectivity index (χ4n) is 3.19. The highest BCUT2D eigenvalue weighted by molar-refractivity contribution is 6.05. The van der Waals surface area contributed by atoms with Gasteiger partial charge in [-0.1, -0.05) is 42.5 Å². The van der Waals surface area contributed by atoms with Crippen LogP contribution in [-0.4, -0.2) is 41.6 Å². The molecule has 3 rings (SSSR count). The van der Waals surface area contributed by atoms with Gasteiger partial charge < -0.3 is 19.5 Å². The van der Waals surface area contributed by atoms with Crippen LogP contribution in [0.1, 0.15) is 38.3 Å². The van der Waals surface area contributed by atoms with Crippen molar-refractivity contribution in [2.24, 2.45) is 0 Å². The van der Waals surface area contributed by atoms with Crippen molar-refractivity contribution in [1.82, 2.24) is 10.6 Å². The highest BCUT2D eigenvalue weighted by atomic mass is 16.6. The van der Waals surface area contributed by atoms with Gasteiger partial charge in [0.2, 0.25) is 5.91 Å². The van der Waals surface area contributed by atoms with Gasteiger partial charge in [-0.3, -0.25) is 14.9 Å². The van der Waals surface area contributed by atoms with Gasteiger partial charge in [-0.25, -0.2) is 9.59 Å². The lowest BCUT2D eigenvalue weighted by Crippen LogP contribution is -2.46. The van der Waals surface area contributed by atoms with E-state index in [1.165, 1.54) is 0 Å². The van der Waals surface area contributed by atoms with E-state index in [-0.39, 0.29) is 12.8 Å². The predicted octanol–water partition coefficient (Wildman–Crippen LogP) is 2.66. The van der Waals surface area contributed by atoms with Crippen LogP contribution in [0.3, 0.4) is 0 Å². The maximum atomic E-state index is 12.8. The molecular formula is C25H28N2O7. The van der Waals surface area contributed by atoms with E-state index < -0.39 is 41.6 Å². The van der Waals surface area contributed by atoms with E-state index in [0.29, 0.717) is 12.4 Å². The molecule has 2 atom stereocenters. The molecule has 2 aromatic rings. The molecule has 3 amide bonds. The Hall–Kier alpha value is -3.88. The van der Waals surface area contributed by atoms with Crippen molar-refractivity contribution in [3.8, 4) is 5.75 Å². The number of ether oxygens (including phenoxy) is 3. The Morgan fingerprint density at radius 2 is 1.71 bits per heavy atom. The van der Waals surface area contributed by atoms with Crippen LogP contribution in [0.15, 0.2) is 54.6 Å². The third-order valence-corrected chi connectivity index (χ3v) is 4.77. The molecule has 2 aromatic carbocycles. The maximum absolute atomic E-state index is 12.8. The van der Waals surface area contributed by atoms with Crippen LogP contribution in [0.2, 0.25) is 0 Å². The molecule has 1 heterocycles. The average Bonchev–Trinajstić information content (AvgIpc) is 3.08. The number of esters is 1. The van der Waals surface area contributed by atoms with Crippen molar-refractivity contribution in [3.63, 3.8) is 0 Å².